The Labute approximate surface area is 121 Å². The molecular weight excluding hydrogens is 258 g/mol. The van der Waals surface area contributed by atoms with Crippen LogP contribution < -0.4 is 4.90 Å². The van der Waals surface area contributed by atoms with E-state index in [1.165, 1.54) is 25.7 Å². The van der Waals surface area contributed by atoms with Crippen molar-refractivity contribution in [3.8, 4) is 0 Å². The molecule has 0 radical (unpaired) electrons. The lowest BCUT2D eigenvalue weighted by molar-refractivity contribution is 0.281. The molecule has 1 aliphatic rings. The number of hydrogen-bond donors (Lipinski definition) is 1. The molecule has 3 heteroatoms. The standard InChI is InChI=1S/C16H24ClNO/c1-12(2)10-18(13-6-3-4-7-13)16-9-5-8-15(17)14(16)11-19/h5,8-9,12-13,19H,3-4,6-7,10-11H2,1-2H3. The van der Waals surface area contributed by atoms with Crippen LogP contribution in [0.5, 0.6) is 0 Å². The third kappa shape index (κ3) is 3.43. The molecule has 0 aromatic heterocycles. The maximum Gasteiger partial charge on any atom is 0.0716 e. The summed E-state index contributed by atoms with van der Waals surface area (Å²) in [5.74, 6) is 0.603. The monoisotopic (exact) mass is 281 g/mol. The second-order valence-electron chi connectivity index (χ2n) is 5.88. The molecule has 1 aliphatic carbocycles. The molecule has 0 unspecified atom stereocenters. The summed E-state index contributed by atoms with van der Waals surface area (Å²) in [5.41, 5.74) is 1.99. The summed E-state index contributed by atoms with van der Waals surface area (Å²) < 4.78 is 0. The van der Waals surface area contributed by atoms with Crippen molar-refractivity contribution in [2.45, 2.75) is 52.2 Å². The van der Waals surface area contributed by atoms with E-state index in [0.29, 0.717) is 17.0 Å². The van der Waals surface area contributed by atoms with Gasteiger partial charge in [-0.25, -0.2) is 0 Å². The molecule has 19 heavy (non-hydrogen) atoms. The highest BCUT2D eigenvalue weighted by molar-refractivity contribution is 6.31. The molecule has 1 aromatic carbocycles. The second kappa shape index (κ2) is 6.62. The van der Waals surface area contributed by atoms with Crippen LogP contribution >= 0.6 is 11.6 Å². The minimum atomic E-state index is 0.0102. The van der Waals surface area contributed by atoms with Gasteiger partial charge in [0.15, 0.2) is 0 Å². The average molecular weight is 282 g/mol. The van der Waals surface area contributed by atoms with Crippen LogP contribution in [0.4, 0.5) is 5.69 Å². The van der Waals surface area contributed by atoms with Crippen LogP contribution in [0.2, 0.25) is 5.02 Å². The Morgan fingerprint density at radius 2 is 2.00 bits per heavy atom. The van der Waals surface area contributed by atoms with Gasteiger partial charge in [-0.1, -0.05) is 44.4 Å². The fourth-order valence-electron chi connectivity index (χ4n) is 3.03. The number of benzene rings is 1. The summed E-state index contributed by atoms with van der Waals surface area (Å²) >= 11 is 6.23. The number of aliphatic hydroxyl groups excluding tert-OH is 1. The van der Waals surface area contributed by atoms with Gasteiger partial charge in [0, 0.05) is 28.9 Å². The third-order valence-electron chi connectivity index (χ3n) is 3.89. The molecule has 1 aromatic rings. The Bertz CT molecular complexity index is 413. The lowest BCUT2D eigenvalue weighted by atomic mass is 10.1. The van der Waals surface area contributed by atoms with E-state index in [9.17, 15) is 5.11 Å². The van der Waals surface area contributed by atoms with Crippen molar-refractivity contribution in [1.82, 2.24) is 0 Å². The zero-order chi connectivity index (χ0) is 13.8. The molecule has 0 amide bonds. The molecule has 1 fully saturated rings. The van der Waals surface area contributed by atoms with E-state index < -0.39 is 0 Å². The van der Waals surface area contributed by atoms with Gasteiger partial charge in [-0.15, -0.1) is 0 Å². The quantitative estimate of drug-likeness (QED) is 0.873. The van der Waals surface area contributed by atoms with Crippen LogP contribution in [-0.4, -0.2) is 17.7 Å². The minimum Gasteiger partial charge on any atom is -0.392 e. The Morgan fingerprint density at radius 1 is 1.32 bits per heavy atom. The Kier molecular flexibility index (Phi) is 5.12. The lowest BCUT2D eigenvalue weighted by Gasteiger charge is -2.34. The fraction of sp³-hybridized carbons (Fsp3) is 0.625. The highest BCUT2D eigenvalue weighted by Gasteiger charge is 2.25. The maximum atomic E-state index is 9.61. The normalized spacial score (nSPS) is 16.3. The first kappa shape index (κ1) is 14.7. The van der Waals surface area contributed by atoms with Crippen molar-refractivity contribution < 1.29 is 5.11 Å². The van der Waals surface area contributed by atoms with E-state index in [1.54, 1.807) is 0 Å². The smallest absolute Gasteiger partial charge is 0.0716 e. The predicted molar refractivity (Wildman–Crippen MR) is 81.8 cm³/mol. The summed E-state index contributed by atoms with van der Waals surface area (Å²) in [6.07, 6.45) is 5.14. The highest BCUT2D eigenvalue weighted by Crippen LogP contribution is 2.34. The van der Waals surface area contributed by atoms with E-state index in [1.807, 2.05) is 12.1 Å². The van der Waals surface area contributed by atoms with Crippen LogP contribution in [0.15, 0.2) is 18.2 Å². The van der Waals surface area contributed by atoms with Gasteiger partial charge < -0.3 is 10.0 Å². The van der Waals surface area contributed by atoms with Crippen LogP contribution in [0.1, 0.15) is 45.1 Å². The van der Waals surface area contributed by atoms with Gasteiger partial charge in [-0.2, -0.15) is 0 Å². The van der Waals surface area contributed by atoms with Gasteiger partial charge in [0.25, 0.3) is 0 Å². The maximum absolute atomic E-state index is 9.61. The van der Waals surface area contributed by atoms with Crippen molar-refractivity contribution in [3.05, 3.63) is 28.8 Å². The molecule has 0 spiro atoms. The molecule has 0 atom stereocenters. The molecule has 0 heterocycles. The molecule has 1 saturated carbocycles. The van der Waals surface area contributed by atoms with Gasteiger partial charge in [-0.3, -0.25) is 0 Å². The van der Waals surface area contributed by atoms with Gasteiger partial charge >= 0.3 is 0 Å². The van der Waals surface area contributed by atoms with Gasteiger partial charge in [0.05, 0.1) is 6.61 Å². The molecule has 0 saturated heterocycles. The minimum absolute atomic E-state index is 0.0102. The van der Waals surface area contributed by atoms with Gasteiger partial charge in [0.1, 0.15) is 0 Å². The first-order valence-electron chi connectivity index (χ1n) is 7.28. The van der Waals surface area contributed by atoms with Crippen molar-refractivity contribution in [1.29, 1.82) is 0 Å². The highest BCUT2D eigenvalue weighted by atomic mass is 35.5. The zero-order valence-corrected chi connectivity index (χ0v) is 12.7. The van der Waals surface area contributed by atoms with Crippen molar-refractivity contribution in [2.24, 2.45) is 5.92 Å². The van der Waals surface area contributed by atoms with Gasteiger partial charge in [0.2, 0.25) is 0 Å². The molecule has 106 valence electrons. The average Bonchev–Trinajstić information content (AvgIpc) is 2.89. The predicted octanol–water partition coefficient (Wildman–Crippen LogP) is 4.24. The lowest BCUT2D eigenvalue weighted by Crippen LogP contribution is -2.37. The summed E-state index contributed by atoms with van der Waals surface area (Å²) in [4.78, 5) is 2.47. The van der Waals surface area contributed by atoms with Crippen LogP contribution in [0.3, 0.4) is 0 Å². The molecule has 1 N–H and O–H groups in total. The third-order valence-corrected chi connectivity index (χ3v) is 4.24. The van der Waals surface area contributed by atoms with Crippen LogP contribution in [0.25, 0.3) is 0 Å². The molecule has 2 rings (SSSR count). The van der Waals surface area contributed by atoms with E-state index in [4.69, 9.17) is 11.6 Å². The van der Waals surface area contributed by atoms with E-state index >= 15 is 0 Å². The number of nitrogens with zero attached hydrogens (tertiary/aromatic N) is 1. The van der Waals surface area contributed by atoms with Crippen molar-refractivity contribution in [2.75, 3.05) is 11.4 Å². The number of aliphatic hydroxyl groups is 1. The molecule has 0 bridgehead atoms. The topological polar surface area (TPSA) is 23.5 Å². The number of halogens is 1. The first-order valence-corrected chi connectivity index (χ1v) is 7.66. The molecule has 0 aliphatic heterocycles. The fourth-order valence-corrected chi connectivity index (χ4v) is 3.26. The SMILES string of the molecule is CC(C)CN(c1cccc(Cl)c1CO)C1CCCC1. The molecular formula is C16H24ClNO. The number of anilines is 1. The number of rotatable bonds is 5. The summed E-state index contributed by atoms with van der Waals surface area (Å²) in [6.45, 7) is 5.52. The Morgan fingerprint density at radius 3 is 2.58 bits per heavy atom. The second-order valence-corrected chi connectivity index (χ2v) is 6.29. The number of hydrogen-bond acceptors (Lipinski definition) is 2. The Hall–Kier alpha value is -0.730. The molecule has 2 nitrogen and oxygen atoms in total. The van der Waals surface area contributed by atoms with Crippen molar-refractivity contribution >= 4 is 17.3 Å². The largest absolute Gasteiger partial charge is 0.392 e. The van der Waals surface area contributed by atoms with Crippen molar-refractivity contribution in [3.63, 3.8) is 0 Å². The van der Waals surface area contributed by atoms with Crippen LogP contribution in [0, 0.1) is 5.92 Å². The van der Waals surface area contributed by atoms with Gasteiger partial charge in [-0.05, 0) is 30.9 Å². The summed E-state index contributed by atoms with van der Waals surface area (Å²) in [7, 11) is 0. The zero-order valence-electron chi connectivity index (χ0n) is 11.9. The first-order chi connectivity index (χ1) is 9.13. The van der Waals surface area contributed by atoms with Crippen LogP contribution in [-0.2, 0) is 6.61 Å². The van der Waals surface area contributed by atoms with E-state index in [0.717, 1.165) is 17.8 Å². The van der Waals surface area contributed by atoms with E-state index in [-0.39, 0.29) is 6.61 Å². The summed E-state index contributed by atoms with van der Waals surface area (Å²) in [6, 6.07) is 6.54. The Balaban J connectivity index is 2.33. The van der Waals surface area contributed by atoms with E-state index in [2.05, 4.69) is 24.8 Å². The summed E-state index contributed by atoms with van der Waals surface area (Å²) in [5, 5.41) is 10.3.